The topological polar surface area (TPSA) is 103 Å². The van der Waals surface area contributed by atoms with Gasteiger partial charge in [-0.15, -0.1) is 24.0 Å². The predicted molar refractivity (Wildman–Crippen MR) is 104 cm³/mol. The van der Waals surface area contributed by atoms with E-state index in [1.807, 2.05) is 12.1 Å². The number of benzene rings is 1. The van der Waals surface area contributed by atoms with Crippen molar-refractivity contribution in [3.63, 3.8) is 0 Å². The maximum absolute atomic E-state index is 11.7. The molecule has 3 rings (SSSR count). The Bertz CT molecular complexity index is 732. The molecular formula is C15H22IN3O4S. The first-order chi connectivity index (χ1) is 10.9. The molecule has 134 valence electrons. The summed E-state index contributed by atoms with van der Waals surface area (Å²) in [6.45, 7) is 1.43. The van der Waals surface area contributed by atoms with Crippen molar-refractivity contribution in [3.05, 3.63) is 18.2 Å². The minimum Gasteiger partial charge on any atom is -0.490 e. The van der Waals surface area contributed by atoms with Gasteiger partial charge in [0.1, 0.15) is 0 Å². The van der Waals surface area contributed by atoms with E-state index in [9.17, 15) is 8.42 Å². The van der Waals surface area contributed by atoms with Crippen LogP contribution in [0, 0.1) is 0 Å². The van der Waals surface area contributed by atoms with Crippen molar-refractivity contribution in [2.75, 3.05) is 31.3 Å². The molecule has 0 amide bonds. The van der Waals surface area contributed by atoms with E-state index >= 15 is 0 Å². The number of aliphatic imine (C=N–C) groups is 1. The number of ether oxygens (including phenoxy) is 2. The van der Waals surface area contributed by atoms with Gasteiger partial charge in [0, 0.05) is 24.4 Å². The molecule has 1 heterocycles. The van der Waals surface area contributed by atoms with Gasteiger partial charge in [-0.2, -0.15) is 0 Å². The first-order valence-electron chi connectivity index (χ1n) is 7.56. The smallest absolute Gasteiger partial charge is 0.193 e. The highest BCUT2D eigenvalue weighted by atomic mass is 127. The van der Waals surface area contributed by atoms with E-state index in [0.717, 1.165) is 12.1 Å². The molecule has 0 spiro atoms. The number of nitrogens with zero attached hydrogens (tertiary/aromatic N) is 1. The minimum absolute atomic E-state index is 0. The van der Waals surface area contributed by atoms with Gasteiger partial charge in [-0.05, 0) is 25.0 Å². The van der Waals surface area contributed by atoms with E-state index in [1.54, 1.807) is 6.07 Å². The van der Waals surface area contributed by atoms with Gasteiger partial charge in [0.25, 0.3) is 0 Å². The maximum Gasteiger partial charge on any atom is 0.193 e. The van der Waals surface area contributed by atoms with Crippen LogP contribution in [-0.4, -0.2) is 45.1 Å². The van der Waals surface area contributed by atoms with Crippen LogP contribution in [0.1, 0.15) is 19.3 Å². The van der Waals surface area contributed by atoms with E-state index in [-0.39, 0.29) is 36.5 Å². The van der Waals surface area contributed by atoms with Crippen LogP contribution in [0.15, 0.2) is 23.2 Å². The zero-order valence-electron chi connectivity index (χ0n) is 13.4. The molecule has 7 nitrogen and oxygen atoms in total. The van der Waals surface area contributed by atoms with Crippen molar-refractivity contribution >= 4 is 45.5 Å². The molecule has 0 unspecified atom stereocenters. The summed E-state index contributed by atoms with van der Waals surface area (Å²) in [7, 11) is -3.10. The number of hydrogen-bond acceptors (Lipinski definition) is 5. The van der Waals surface area contributed by atoms with E-state index in [1.165, 1.54) is 6.26 Å². The molecule has 1 fully saturated rings. The number of rotatable bonds is 4. The predicted octanol–water partition coefficient (Wildman–Crippen LogP) is 1.77. The minimum atomic E-state index is -3.10. The fourth-order valence-corrected chi connectivity index (χ4v) is 3.59. The molecule has 1 saturated carbocycles. The zero-order chi connectivity index (χ0) is 16.5. The summed E-state index contributed by atoms with van der Waals surface area (Å²) in [6, 6.07) is 5.43. The normalized spacial score (nSPS) is 19.0. The monoisotopic (exact) mass is 467 g/mol. The Morgan fingerprint density at radius 3 is 2.58 bits per heavy atom. The summed E-state index contributed by atoms with van der Waals surface area (Å²) in [5.41, 5.74) is 6.58. The van der Waals surface area contributed by atoms with E-state index < -0.39 is 14.6 Å². The van der Waals surface area contributed by atoms with Gasteiger partial charge in [0.15, 0.2) is 27.3 Å². The number of guanidine groups is 1. The van der Waals surface area contributed by atoms with Crippen LogP contribution in [0.25, 0.3) is 0 Å². The molecule has 1 aliphatic carbocycles. The fraction of sp³-hybridized carbons (Fsp3) is 0.533. The van der Waals surface area contributed by atoms with E-state index in [0.29, 0.717) is 37.6 Å². The molecule has 0 radical (unpaired) electrons. The molecule has 24 heavy (non-hydrogen) atoms. The molecule has 3 N–H and O–H groups in total. The average molecular weight is 467 g/mol. The van der Waals surface area contributed by atoms with Gasteiger partial charge in [0.05, 0.1) is 24.5 Å². The van der Waals surface area contributed by atoms with Crippen LogP contribution in [0.3, 0.4) is 0 Å². The van der Waals surface area contributed by atoms with Gasteiger partial charge >= 0.3 is 0 Å². The quantitative estimate of drug-likeness (QED) is 0.398. The summed E-state index contributed by atoms with van der Waals surface area (Å²) in [5.74, 6) is 1.56. The molecule has 1 aromatic rings. The lowest BCUT2D eigenvalue weighted by molar-refractivity contribution is 0.297. The molecule has 1 aromatic carbocycles. The largest absolute Gasteiger partial charge is 0.490 e. The highest BCUT2D eigenvalue weighted by molar-refractivity contribution is 14.0. The summed E-state index contributed by atoms with van der Waals surface area (Å²) >= 11 is 0. The Balaban J connectivity index is 0.00000208. The molecule has 0 aromatic heterocycles. The van der Waals surface area contributed by atoms with E-state index in [2.05, 4.69) is 10.3 Å². The van der Waals surface area contributed by atoms with Crippen LogP contribution < -0.4 is 20.5 Å². The Morgan fingerprint density at radius 1 is 1.29 bits per heavy atom. The molecule has 9 heteroatoms. The summed E-state index contributed by atoms with van der Waals surface area (Å²) < 4.78 is 33.9. The Morgan fingerprint density at radius 2 is 1.96 bits per heavy atom. The fourth-order valence-electron chi connectivity index (χ4n) is 2.44. The van der Waals surface area contributed by atoms with Gasteiger partial charge in [-0.3, -0.25) is 4.99 Å². The number of halogens is 1. The number of hydrogen-bond donors (Lipinski definition) is 2. The standard InChI is InChI=1S/C15H21N3O4S.HI/c1-23(19,20)15(5-6-15)10-17-14(16)18-11-3-4-12-13(9-11)22-8-2-7-21-12;/h3-4,9H,2,5-8,10H2,1H3,(H3,16,17,18);1H. The van der Waals surface area contributed by atoms with E-state index in [4.69, 9.17) is 15.2 Å². The van der Waals surface area contributed by atoms with Crippen molar-refractivity contribution in [2.45, 2.75) is 24.0 Å². The second kappa shape index (κ2) is 7.34. The number of nitrogens with one attached hydrogen (secondary N) is 1. The van der Waals surface area contributed by atoms with Gasteiger partial charge in [0.2, 0.25) is 0 Å². The van der Waals surface area contributed by atoms with Crippen LogP contribution in [0.2, 0.25) is 0 Å². The zero-order valence-corrected chi connectivity index (χ0v) is 16.6. The van der Waals surface area contributed by atoms with Gasteiger partial charge in [-0.1, -0.05) is 0 Å². The van der Waals surface area contributed by atoms with Crippen LogP contribution in [-0.2, 0) is 9.84 Å². The lowest BCUT2D eigenvalue weighted by atomic mass is 10.3. The average Bonchev–Trinajstić information content (AvgIpc) is 3.29. The van der Waals surface area contributed by atoms with Crippen molar-refractivity contribution in [1.29, 1.82) is 0 Å². The van der Waals surface area contributed by atoms with Crippen molar-refractivity contribution in [3.8, 4) is 11.5 Å². The first kappa shape index (κ1) is 19.1. The molecular weight excluding hydrogens is 445 g/mol. The Labute approximate surface area is 158 Å². The second-order valence-corrected chi connectivity index (χ2v) is 8.40. The Hall–Kier alpha value is -1.23. The van der Waals surface area contributed by atoms with Gasteiger partial charge < -0.3 is 20.5 Å². The van der Waals surface area contributed by atoms with Crippen molar-refractivity contribution in [1.82, 2.24) is 0 Å². The van der Waals surface area contributed by atoms with Crippen LogP contribution in [0.4, 0.5) is 5.69 Å². The summed E-state index contributed by atoms with van der Waals surface area (Å²) in [6.07, 6.45) is 3.39. The van der Waals surface area contributed by atoms with Crippen molar-refractivity contribution < 1.29 is 17.9 Å². The molecule has 1 aliphatic heterocycles. The lowest BCUT2D eigenvalue weighted by Crippen LogP contribution is -2.29. The first-order valence-corrected chi connectivity index (χ1v) is 9.45. The number of sulfone groups is 1. The number of fused-ring (bicyclic) bond motifs is 1. The summed E-state index contributed by atoms with van der Waals surface area (Å²) in [4.78, 5) is 4.18. The third-order valence-electron chi connectivity index (χ3n) is 4.15. The molecule has 2 aliphatic rings. The number of nitrogens with two attached hydrogens (primary N) is 1. The van der Waals surface area contributed by atoms with Crippen LogP contribution in [0.5, 0.6) is 11.5 Å². The van der Waals surface area contributed by atoms with Crippen molar-refractivity contribution in [2.24, 2.45) is 10.7 Å². The third-order valence-corrected chi connectivity index (χ3v) is 6.26. The highest BCUT2D eigenvalue weighted by Crippen LogP contribution is 2.43. The second-order valence-electron chi connectivity index (χ2n) is 5.99. The maximum atomic E-state index is 11.7. The number of anilines is 1. The summed E-state index contributed by atoms with van der Waals surface area (Å²) in [5, 5.41) is 2.96. The molecule has 0 saturated heterocycles. The molecule has 0 atom stereocenters. The highest BCUT2D eigenvalue weighted by Gasteiger charge is 2.51. The van der Waals surface area contributed by atoms with Crippen LogP contribution >= 0.6 is 24.0 Å². The molecule has 0 bridgehead atoms. The van der Waals surface area contributed by atoms with Gasteiger partial charge in [-0.25, -0.2) is 8.42 Å². The lowest BCUT2D eigenvalue weighted by Gasteiger charge is -2.12. The Kier molecular flexibility index (Phi) is 5.84. The third kappa shape index (κ3) is 4.24. The SMILES string of the molecule is CS(=O)(=O)C1(CN=C(N)Nc2ccc3c(c2)OCCCO3)CC1.I.